The van der Waals surface area contributed by atoms with E-state index in [9.17, 15) is 9.59 Å². The summed E-state index contributed by atoms with van der Waals surface area (Å²) in [6, 6.07) is 6.05. The number of fused-ring (bicyclic) bond motifs is 4. The summed E-state index contributed by atoms with van der Waals surface area (Å²) < 4.78 is 5.60. The van der Waals surface area contributed by atoms with E-state index >= 15 is 0 Å². The second-order valence-corrected chi connectivity index (χ2v) is 9.28. The van der Waals surface area contributed by atoms with Gasteiger partial charge in [-0.05, 0) is 40.6 Å². The fourth-order valence-electron chi connectivity index (χ4n) is 2.57. The van der Waals surface area contributed by atoms with Crippen molar-refractivity contribution in [1.29, 1.82) is 0 Å². The monoisotopic (exact) mass is 458 g/mol. The summed E-state index contributed by atoms with van der Waals surface area (Å²) in [5, 5.41) is 9.80. The van der Waals surface area contributed by atoms with Crippen molar-refractivity contribution in [3.05, 3.63) is 73.0 Å². The van der Waals surface area contributed by atoms with Crippen molar-refractivity contribution in [1.82, 2.24) is 4.98 Å². The van der Waals surface area contributed by atoms with Crippen LogP contribution in [0.5, 0.6) is 0 Å². The van der Waals surface area contributed by atoms with Crippen LogP contribution < -0.4 is 5.56 Å². The molecule has 0 saturated heterocycles. The first-order valence-electron chi connectivity index (χ1n) is 8.03. The van der Waals surface area contributed by atoms with E-state index in [1.54, 1.807) is 57.6 Å². The second-order valence-electron chi connectivity index (χ2n) is 5.49. The van der Waals surface area contributed by atoms with Crippen LogP contribution in [0.25, 0.3) is 45.4 Å². The largest absolute Gasteiger partial charge is 0.355 e. The highest BCUT2D eigenvalue weighted by atomic mass is 32.1. The first kappa shape index (κ1) is 19.4. The summed E-state index contributed by atoms with van der Waals surface area (Å²) in [5.74, 6) is -0.686. The SMILES string of the molecule is O=c1[nH]ccc2c1sc1ccsc12.[N-]=[N+]=NOC(=O)/C=C/c1csc2ccsc12. The Morgan fingerprint density at radius 3 is 2.72 bits per heavy atom. The Morgan fingerprint density at radius 1 is 1.10 bits per heavy atom. The lowest BCUT2D eigenvalue weighted by atomic mass is 10.3. The zero-order chi connectivity index (χ0) is 20.2. The van der Waals surface area contributed by atoms with Gasteiger partial charge in [0.15, 0.2) is 0 Å². The fourth-order valence-corrected chi connectivity index (χ4v) is 6.86. The van der Waals surface area contributed by atoms with Crippen molar-refractivity contribution in [3.8, 4) is 0 Å². The Bertz CT molecular complexity index is 1450. The summed E-state index contributed by atoms with van der Waals surface area (Å²) in [4.78, 5) is 31.6. The van der Waals surface area contributed by atoms with Gasteiger partial charge in [0.25, 0.3) is 5.56 Å². The average Bonchev–Trinajstić information content (AvgIpc) is 3.47. The number of hydrogen-bond donors (Lipinski definition) is 1. The van der Waals surface area contributed by atoms with Crippen molar-refractivity contribution >= 4 is 86.3 Å². The van der Waals surface area contributed by atoms with E-state index in [1.165, 1.54) is 20.2 Å². The molecule has 0 amide bonds. The van der Waals surface area contributed by atoms with Crippen LogP contribution in [0.1, 0.15) is 5.56 Å². The lowest BCUT2D eigenvalue weighted by Gasteiger charge is -1.87. The molecule has 11 heteroatoms. The van der Waals surface area contributed by atoms with Gasteiger partial charge in [-0.3, -0.25) is 4.79 Å². The summed E-state index contributed by atoms with van der Waals surface area (Å²) in [7, 11) is 0. The molecule has 5 aromatic heterocycles. The Hall–Kier alpha value is -2.95. The van der Waals surface area contributed by atoms with E-state index < -0.39 is 5.97 Å². The van der Waals surface area contributed by atoms with Gasteiger partial charge in [-0.25, -0.2) is 4.79 Å². The molecule has 0 saturated carbocycles. The molecule has 0 spiro atoms. The third-order valence-corrected chi connectivity index (χ3v) is 8.08. The third kappa shape index (κ3) is 4.09. The summed E-state index contributed by atoms with van der Waals surface area (Å²) in [6.07, 6.45) is 4.58. The quantitative estimate of drug-likeness (QED) is 0.109. The van der Waals surface area contributed by atoms with Gasteiger partial charge in [0.1, 0.15) is 9.98 Å². The smallest absolute Gasteiger partial charge is 0.342 e. The highest BCUT2D eigenvalue weighted by Gasteiger charge is 2.07. The van der Waals surface area contributed by atoms with Crippen LogP contribution in [-0.4, -0.2) is 11.0 Å². The maximum atomic E-state index is 11.4. The molecule has 1 N–H and O–H groups in total. The van der Waals surface area contributed by atoms with Crippen LogP contribution in [0.3, 0.4) is 0 Å². The van der Waals surface area contributed by atoms with Crippen molar-refractivity contribution in [3.63, 3.8) is 0 Å². The van der Waals surface area contributed by atoms with Gasteiger partial charge >= 0.3 is 5.97 Å². The predicted octanol–water partition coefficient (Wildman–Crippen LogP) is 6.55. The van der Waals surface area contributed by atoms with Crippen molar-refractivity contribution in [2.45, 2.75) is 0 Å². The van der Waals surface area contributed by atoms with Gasteiger partial charge < -0.3 is 9.82 Å². The van der Waals surface area contributed by atoms with E-state index in [-0.39, 0.29) is 5.56 Å². The number of thiophene rings is 4. The van der Waals surface area contributed by atoms with Gasteiger partial charge in [0.05, 0.1) is 9.40 Å². The van der Waals surface area contributed by atoms with Gasteiger partial charge in [-0.2, -0.15) is 0 Å². The molecule has 0 radical (unpaired) electrons. The molecule has 5 heterocycles. The van der Waals surface area contributed by atoms with E-state index in [0.717, 1.165) is 20.3 Å². The molecule has 144 valence electrons. The van der Waals surface area contributed by atoms with Gasteiger partial charge in [-0.15, -0.1) is 45.3 Å². The second kappa shape index (κ2) is 8.60. The molecule has 0 fully saturated rings. The van der Waals surface area contributed by atoms with E-state index in [1.807, 2.05) is 22.9 Å². The summed E-state index contributed by atoms with van der Waals surface area (Å²) in [5.41, 5.74) is 8.93. The van der Waals surface area contributed by atoms with Crippen LogP contribution in [0.15, 0.2) is 56.7 Å². The number of H-pyrrole nitrogens is 1. The number of aromatic nitrogens is 1. The standard InChI is InChI=1S/C9H5N3O2S2.C9H5NOS2/c10-11-12-14-8(13)2-1-6-5-16-7-3-4-15-9(6)7;11-9-8-5(1-3-10-9)7-6(13-8)2-4-12-7/h1-5H;1-4H,(H,10,11)/b2-1+;. The third-order valence-electron chi connectivity index (χ3n) is 3.77. The number of carbonyl (C=O) groups excluding carboxylic acids is 1. The van der Waals surface area contributed by atoms with E-state index in [2.05, 4.69) is 31.5 Å². The number of aromatic amines is 1. The maximum Gasteiger partial charge on any atom is 0.342 e. The molecule has 0 aliphatic heterocycles. The first-order chi connectivity index (χ1) is 14.2. The predicted molar refractivity (Wildman–Crippen MR) is 122 cm³/mol. The normalized spacial score (nSPS) is 10.9. The van der Waals surface area contributed by atoms with Crippen LogP contribution in [-0.2, 0) is 9.63 Å². The van der Waals surface area contributed by atoms with E-state index in [4.69, 9.17) is 5.53 Å². The van der Waals surface area contributed by atoms with Crippen LogP contribution in [0.2, 0.25) is 0 Å². The summed E-state index contributed by atoms with van der Waals surface area (Å²) >= 11 is 6.48. The zero-order valence-electron chi connectivity index (χ0n) is 14.4. The molecular formula is C18H10N4O3S4. The molecule has 7 nitrogen and oxygen atoms in total. The highest BCUT2D eigenvalue weighted by molar-refractivity contribution is 7.32. The molecule has 0 unspecified atom stereocenters. The number of azide groups is 1. The van der Waals surface area contributed by atoms with Crippen molar-refractivity contribution < 1.29 is 9.63 Å². The van der Waals surface area contributed by atoms with Crippen LogP contribution in [0, 0.1) is 0 Å². The molecule has 0 bridgehead atoms. The van der Waals surface area contributed by atoms with Crippen molar-refractivity contribution in [2.75, 3.05) is 0 Å². The van der Waals surface area contributed by atoms with Crippen LogP contribution in [0.4, 0.5) is 0 Å². The Morgan fingerprint density at radius 2 is 1.90 bits per heavy atom. The molecule has 0 aliphatic carbocycles. The maximum absolute atomic E-state index is 11.4. The number of nitrogens with zero attached hydrogens (tertiary/aromatic N) is 3. The van der Waals surface area contributed by atoms with Crippen LogP contribution >= 0.6 is 45.3 Å². The topological polar surface area (TPSA) is 108 Å². The number of hydrogen-bond acceptors (Lipinski definition) is 8. The Balaban J connectivity index is 0.000000144. The molecular weight excluding hydrogens is 448 g/mol. The molecule has 0 atom stereocenters. The minimum absolute atomic E-state index is 0.0194. The zero-order valence-corrected chi connectivity index (χ0v) is 17.7. The van der Waals surface area contributed by atoms with Gasteiger partial charge in [0, 0.05) is 42.9 Å². The van der Waals surface area contributed by atoms with Gasteiger partial charge in [0.2, 0.25) is 0 Å². The molecule has 0 aromatic carbocycles. The highest BCUT2D eigenvalue weighted by Crippen LogP contribution is 2.35. The number of carbonyl (C=O) groups is 1. The fraction of sp³-hybridized carbons (Fsp3) is 0. The minimum atomic E-state index is -0.686. The molecule has 29 heavy (non-hydrogen) atoms. The Kier molecular flexibility index (Phi) is 5.74. The Labute approximate surface area is 178 Å². The number of nitrogens with one attached hydrogen (secondary N) is 1. The van der Waals surface area contributed by atoms with Gasteiger partial charge in [-0.1, -0.05) is 0 Å². The first-order valence-corrected chi connectivity index (χ1v) is 11.5. The molecule has 5 aromatic rings. The summed E-state index contributed by atoms with van der Waals surface area (Å²) in [6.45, 7) is 0. The number of rotatable bonds is 3. The lowest BCUT2D eigenvalue weighted by molar-refractivity contribution is -0.137. The molecule has 0 aliphatic rings. The minimum Gasteiger partial charge on any atom is -0.355 e. The number of pyridine rings is 1. The molecule has 5 rings (SSSR count). The average molecular weight is 459 g/mol. The lowest BCUT2D eigenvalue weighted by Crippen LogP contribution is -2.01. The van der Waals surface area contributed by atoms with Crippen molar-refractivity contribution in [2.24, 2.45) is 5.28 Å². The van der Waals surface area contributed by atoms with E-state index in [0.29, 0.717) is 0 Å².